The summed E-state index contributed by atoms with van der Waals surface area (Å²) in [5.41, 5.74) is 3.88. The fourth-order valence-electron chi connectivity index (χ4n) is 3.42. The van der Waals surface area contributed by atoms with E-state index in [0.29, 0.717) is 24.0 Å². The largest absolute Gasteiger partial charge is 0.354 e. The minimum absolute atomic E-state index is 0.0623. The summed E-state index contributed by atoms with van der Waals surface area (Å²) in [4.78, 5) is 16.8. The summed E-state index contributed by atoms with van der Waals surface area (Å²) >= 11 is 6.00. The second kappa shape index (κ2) is 7.31. The number of halogens is 1. The van der Waals surface area contributed by atoms with E-state index in [1.807, 2.05) is 20.0 Å². The Morgan fingerprint density at radius 1 is 1.30 bits per heavy atom. The number of pyridine rings is 1. The molecule has 1 saturated carbocycles. The number of hydrogen-bond donors (Lipinski definition) is 1. The molecule has 7 nitrogen and oxygen atoms in total. The van der Waals surface area contributed by atoms with Crippen molar-refractivity contribution in [3.8, 4) is 0 Å². The molecular weight excluding hydrogens is 364 g/mol. The second-order valence-corrected chi connectivity index (χ2v) is 7.55. The van der Waals surface area contributed by atoms with Crippen LogP contribution in [0, 0.1) is 13.8 Å². The minimum atomic E-state index is -0.0623. The van der Waals surface area contributed by atoms with E-state index < -0.39 is 0 Å². The molecule has 0 unspecified atom stereocenters. The Labute approximate surface area is 162 Å². The van der Waals surface area contributed by atoms with E-state index in [0.717, 1.165) is 28.8 Å². The van der Waals surface area contributed by atoms with Crippen LogP contribution in [0.3, 0.4) is 0 Å². The molecular formula is C19H23ClN6O. The van der Waals surface area contributed by atoms with Gasteiger partial charge in [0, 0.05) is 30.9 Å². The Morgan fingerprint density at radius 3 is 2.81 bits per heavy atom. The van der Waals surface area contributed by atoms with Crippen LogP contribution in [0.25, 0.3) is 11.0 Å². The van der Waals surface area contributed by atoms with E-state index in [-0.39, 0.29) is 12.5 Å². The van der Waals surface area contributed by atoms with Crippen LogP contribution < -0.4 is 5.32 Å². The van der Waals surface area contributed by atoms with Crippen LogP contribution in [-0.2, 0) is 17.9 Å². The zero-order valence-electron chi connectivity index (χ0n) is 15.6. The molecule has 1 N–H and O–H groups in total. The number of rotatable bonds is 7. The molecule has 142 valence electrons. The number of carbonyl (C=O) groups excluding carboxylic acids is 1. The molecule has 0 bridgehead atoms. The molecule has 0 saturated heterocycles. The number of amides is 1. The van der Waals surface area contributed by atoms with Gasteiger partial charge in [-0.15, -0.1) is 0 Å². The highest BCUT2D eigenvalue weighted by atomic mass is 35.5. The first-order valence-electron chi connectivity index (χ1n) is 9.31. The lowest BCUT2D eigenvalue weighted by Crippen LogP contribution is -2.29. The van der Waals surface area contributed by atoms with Gasteiger partial charge in [0.25, 0.3) is 0 Å². The fraction of sp³-hybridized carbons (Fsp3) is 0.474. The van der Waals surface area contributed by atoms with Gasteiger partial charge < -0.3 is 5.32 Å². The Balaban J connectivity index is 1.35. The molecule has 1 aliphatic rings. The quantitative estimate of drug-likeness (QED) is 0.633. The Bertz CT molecular complexity index is 968. The highest BCUT2D eigenvalue weighted by Crippen LogP contribution is 2.43. The predicted octanol–water partition coefficient (Wildman–Crippen LogP) is 2.98. The molecule has 3 aromatic heterocycles. The summed E-state index contributed by atoms with van der Waals surface area (Å²) < 4.78 is 3.51. The standard InChI is InChI=1S/C19H23ClN6O/c1-12-16(20)10-25(23-12)9-3-7-21-17(27)11-26-19-18(13(2)24-26)15(6-8-22-19)14-4-5-14/h6,8,10,14H,3-5,7,9,11H2,1-2H3,(H,21,27). The maximum atomic E-state index is 12.3. The van der Waals surface area contributed by atoms with E-state index in [4.69, 9.17) is 11.6 Å². The Hall–Kier alpha value is -2.41. The van der Waals surface area contributed by atoms with Crippen LogP contribution in [0.5, 0.6) is 0 Å². The first-order chi connectivity index (χ1) is 13.0. The first kappa shape index (κ1) is 18.0. The smallest absolute Gasteiger partial charge is 0.241 e. The lowest BCUT2D eigenvalue weighted by molar-refractivity contribution is -0.121. The van der Waals surface area contributed by atoms with Gasteiger partial charge in [-0.25, -0.2) is 9.67 Å². The summed E-state index contributed by atoms with van der Waals surface area (Å²) in [6.07, 6.45) is 6.87. The average molecular weight is 387 g/mol. The van der Waals surface area contributed by atoms with Gasteiger partial charge >= 0.3 is 0 Å². The van der Waals surface area contributed by atoms with Gasteiger partial charge in [0.05, 0.1) is 16.4 Å². The molecule has 0 spiro atoms. The Kier molecular flexibility index (Phi) is 4.86. The number of aromatic nitrogens is 5. The van der Waals surface area contributed by atoms with Crippen LogP contribution >= 0.6 is 11.6 Å². The molecule has 3 heterocycles. The number of carbonyl (C=O) groups is 1. The van der Waals surface area contributed by atoms with Crippen molar-refractivity contribution in [3.05, 3.63) is 40.4 Å². The van der Waals surface area contributed by atoms with E-state index >= 15 is 0 Å². The van der Waals surface area contributed by atoms with E-state index in [2.05, 4.69) is 26.6 Å². The van der Waals surface area contributed by atoms with E-state index in [1.165, 1.54) is 18.4 Å². The molecule has 0 radical (unpaired) electrons. The first-order valence-corrected chi connectivity index (χ1v) is 9.69. The zero-order chi connectivity index (χ0) is 19.0. The summed E-state index contributed by atoms with van der Waals surface area (Å²) in [7, 11) is 0. The summed E-state index contributed by atoms with van der Waals surface area (Å²) in [5.74, 6) is 0.563. The van der Waals surface area contributed by atoms with Crippen molar-refractivity contribution in [2.75, 3.05) is 6.54 Å². The average Bonchev–Trinajstić information content (AvgIpc) is 3.37. The molecule has 0 aliphatic heterocycles. The van der Waals surface area contributed by atoms with Crippen LogP contribution in [0.15, 0.2) is 18.5 Å². The van der Waals surface area contributed by atoms with Crippen molar-refractivity contribution in [3.63, 3.8) is 0 Å². The van der Waals surface area contributed by atoms with Gasteiger partial charge in [0.1, 0.15) is 6.54 Å². The van der Waals surface area contributed by atoms with Crippen molar-refractivity contribution < 1.29 is 4.79 Å². The number of fused-ring (bicyclic) bond motifs is 1. The maximum absolute atomic E-state index is 12.3. The van der Waals surface area contributed by atoms with Crippen molar-refractivity contribution >= 4 is 28.5 Å². The van der Waals surface area contributed by atoms with Crippen molar-refractivity contribution in [2.45, 2.75) is 52.1 Å². The molecule has 27 heavy (non-hydrogen) atoms. The van der Waals surface area contributed by atoms with Crippen LogP contribution in [0.4, 0.5) is 0 Å². The van der Waals surface area contributed by atoms with Gasteiger partial charge in [-0.2, -0.15) is 10.2 Å². The number of hydrogen-bond acceptors (Lipinski definition) is 4. The van der Waals surface area contributed by atoms with Gasteiger partial charge in [-0.1, -0.05) is 11.6 Å². The topological polar surface area (TPSA) is 77.6 Å². The number of nitrogens with one attached hydrogen (secondary N) is 1. The van der Waals surface area contributed by atoms with Crippen LogP contribution in [0.2, 0.25) is 5.02 Å². The number of aryl methyl sites for hydroxylation is 3. The highest BCUT2D eigenvalue weighted by molar-refractivity contribution is 6.31. The third-order valence-corrected chi connectivity index (χ3v) is 5.29. The molecule has 4 rings (SSSR count). The lowest BCUT2D eigenvalue weighted by Gasteiger charge is -2.07. The fourth-order valence-corrected chi connectivity index (χ4v) is 3.57. The monoisotopic (exact) mass is 386 g/mol. The molecule has 0 aromatic carbocycles. The van der Waals surface area contributed by atoms with E-state index in [1.54, 1.807) is 15.6 Å². The summed E-state index contributed by atoms with van der Waals surface area (Å²) in [6.45, 7) is 5.33. The third-order valence-electron chi connectivity index (χ3n) is 4.92. The number of nitrogens with zero attached hydrogens (tertiary/aromatic N) is 5. The molecule has 0 atom stereocenters. The van der Waals surface area contributed by atoms with Gasteiger partial charge in [0.15, 0.2) is 5.65 Å². The molecule has 1 amide bonds. The molecule has 1 fully saturated rings. The minimum Gasteiger partial charge on any atom is -0.354 e. The van der Waals surface area contributed by atoms with Crippen molar-refractivity contribution in [2.24, 2.45) is 0 Å². The maximum Gasteiger partial charge on any atom is 0.241 e. The molecule has 8 heteroatoms. The van der Waals surface area contributed by atoms with Gasteiger partial charge in [-0.05, 0) is 50.7 Å². The van der Waals surface area contributed by atoms with Gasteiger partial charge in [-0.3, -0.25) is 9.48 Å². The molecule has 3 aromatic rings. The highest BCUT2D eigenvalue weighted by Gasteiger charge is 2.27. The van der Waals surface area contributed by atoms with E-state index in [9.17, 15) is 4.79 Å². The van der Waals surface area contributed by atoms with Crippen LogP contribution in [-0.4, -0.2) is 37.0 Å². The van der Waals surface area contributed by atoms with Crippen molar-refractivity contribution in [1.29, 1.82) is 0 Å². The Morgan fingerprint density at radius 2 is 2.11 bits per heavy atom. The van der Waals surface area contributed by atoms with Crippen molar-refractivity contribution in [1.82, 2.24) is 29.9 Å². The second-order valence-electron chi connectivity index (χ2n) is 7.15. The summed E-state index contributed by atoms with van der Waals surface area (Å²) in [5, 5.41) is 13.6. The summed E-state index contributed by atoms with van der Waals surface area (Å²) in [6, 6.07) is 2.09. The normalized spacial score (nSPS) is 14.0. The molecule has 1 aliphatic carbocycles. The predicted molar refractivity (Wildman–Crippen MR) is 104 cm³/mol. The zero-order valence-corrected chi connectivity index (χ0v) is 16.3. The van der Waals surface area contributed by atoms with Gasteiger partial charge in [0.2, 0.25) is 5.91 Å². The van der Waals surface area contributed by atoms with Crippen LogP contribution in [0.1, 0.15) is 42.1 Å². The lowest BCUT2D eigenvalue weighted by atomic mass is 10.1. The SMILES string of the molecule is Cc1nn(CCCNC(=O)Cn2nc(C)c3c(C4CC4)ccnc32)cc1Cl. The third kappa shape index (κ3) is 3.83.